The predicted molar refractivity (Wildman–Crippen MR) is 83.7 cm³/mol. The molecule has 0 saturated carbocycles. The van der Waals surface area contributed by atoms with Crippen molar-refractivity contribution in [2.24, 2.45) is 0 Å². The monoisotopic (exact) mass is 337 g/mol. The number of amides is 2. The Bertz CT molecular complexity index is 687. The van der Waals surface area contributed by atoms with Crippen molar-refractivity contribution in [3.8, 4) is 17.2 Å². The van der Waals surface area contributed by atoms with E-state index in [1.807, 2.05) is 0 Å². The summed E-state index contributed by atoms with van der Waals surface area (Å²) in [6.45, 7) is 0.685. The summed E-state index contributed by atoms with van der Waals surface area (Å²) in [5.74, 6) is 1.37. The zero-order chi connectivity index (χ0) is 16.4. The van der Waals surface area contributed by atoms with Gasteiger partial charge in [-0.05, 0) is 23.9 Å². The van der Waals surface area contributed by atoms with Crippen molar-refractivity contribution in [3.05, 3.63) is 22.6 Å². The van der Waals surface area contributed by atoms with Crippen LogP contribution >= 0.6 is 11.8 Å². The largest absolute Gasteiger partial charge is 0.496 e. The molecule has 1 aromatic carbocycles. The van der Waals surface area contributed by atoms with Crippen LogP contribution in [-0.2, 0) is 9.53 Å². The highest BCUT2D eigenvalue weighted by Crippen LogP contribution is 2.40. The molecule has 1 aromatic rings. The number of carbonyl (C=O) groups is 2. The minimum atomic E-state index is -0.336. The summed E-state index contributed by atoms with van der Waals surface area (Å²) in [5, 5.41) is -0.307. The number of imide groups is 1. The molecule has 8 heteroatoms. The van der Waals surface area contributed by atoms with Gasteiger partial charge in [0.1, 0.15) is 5.75 Å². The van der Waals surface area contributed by atoms with E-state index in [2.05, 4.69) is 0 Å². The third kappa shape index (κ3) is 2.99. The Morgan fingerprint density at radius 1 is 1.26 bits per heavy atom. The van der Waals surface area contributed by atoms with Gasteiger partial charge < -0.3 is 18.9 Å². The maximum atomic E-state index is 12.3. The number of thioether (sulfide) groups is 1. The number of nitrogens with zero attached hydrogens (tertiary/aromatic N) is 1. The number of fused-ring (bicyclic) bond motifs is 1. The Labute approximate surface area is 137 Å². The molecule has 7 nitrogen and oxygen atoms in total. The molecule has 122 valence electrons. The van der Waals surface area contributed by atoms with Gasteiger partial charge in [-0.25, -0.2) is 0 Å². The maximum Gasteiger partial charge on any atom is 0.293 e. The fraction of sp³-hybridized carbons (Fsp3) is 0.333. The van der Waals surface area contributed by atoms with Crippen molar-refractivity contribution in [1.29, 1.82) is 0 Å². The number of hydrogen-bond donors (Lipinski definition) is 0. The number of ether oxygens (including phenoxy) is 4. The Morgan fingerprint density at radius 3 is 2.70 bits per heavy atom. The van der Waals surface area contributed by atoms with Gasteiger partial charge >= 0.3 is 0 Å². The third-order valence-electron chi connectivity index (χ3n) is 3.40. The zero-order valence-corrected chi connectivity index (χ0v) is 13.5. The van der Waals surface area contributed by atoms with Crippen LogP contribution in [0.3, 0.4) is 0 Å². The molecule has 23 heavy (non-hydrogen) atoms. The summed E-state index contributed by atoms with van der Waals surface area (Å²) in [7, 11) is 3.05. The van der Waals surface area contributed by atoms with E-state index in [-0.39, 0.29) is 24.5 Å². The highest BCUT2D eigenvalue weighted by atomic mass is 32.2. The number of carbonyl (C=O) groups excluding carboxylic acids is 2. The van der Waals surface area contributed by atoms with E-state index >= 15 is 0 Å². The molecule has 0 radical (unpaired) electrons. The lowest BCUT2D eigenvalue weighted by Gasteiger charge is -2.11. The highest BCUT2D eigenvalue weighted by Gasteiger charge is 2.35. The van der Waals surface area contributed by atoms with Gasteiger partial charge in [0.2, 0.25) is 6.79 Å². The second kappa shape index (κ2) is 6.51. The standard InChI is InChI=1S/C15H15NO6S/c1-19-4-3-16-14(17)13(23-15(16)18)6-9-5-11-12(22-8-21-11)7-10(9)20-2/h5-7H,3-4,8H2,1-2H3/b13-6+. The molecule has 0 atom stereocenters. The van der Waals surface area contributed by atoms with Crippen LogP contribution in [0.1, 0.15) is 5.56 Å². The molecule has 1 saturated heterocycles. The fourth-order valence-electron chi connectivity index (χ4n) is 2.25. The van der Waals surface area contributed by atoms with Gasteiger partial charge in [0.25, 0.3) is 11.1 Å². The molecule has 2 heterocycles. The van der Waals surface area contributed by atoms with Crippen molar-refractivity contribution in [1.82, 2.24) is 4.90 Å². The maximum absolute atomic E-state index is 12.3. The second-order valence-corrected chi connectivity index (χ2v) is 5.77. The molecule has 0 unspecified atom stereocenters. The van der Waals surface area contributed by atoms with Crippen molar-refractivity contribution >= 4 is 29.0 Å². The SMILES string of the molecule is COCCN1C(=O)S/C(=C/c2cc3c(cc2OC)OCO3)C1=O. The Balaban J connectivity index is 1.90. The smallest absolute Gasteiger partial charge is 0.293 e. The first-order chi connectivity index (χ1) is 11.1. The van der Waals surface area contributed by atoms with Crippen LogP contribution in [0.4, 0.5) is 4.79 Å². The first-order valence-corrected chi connectivity index (χ1v) is 7.67. The van der Waals surface area contributed by atoms with Crippen LogP contribution in [0.2, 0.25) is 0 Å². The summed E-state index contributed by atoms with van der Waals surface area (Å²) < 4.78 is 20.9. The van der Waals surface area contributed by atoms with Crippen molar-refractivity contribution in [3.63, 3.8) is 0 Å². The van der Waals surface area contributed by atoms with Gasteiger partial charge in [0.15, 0.2) is 11.5 Å². The van der Waals surface area contributed by atoms with Crippen LogP contribution < -0.4 is 14.2 Å². The molecular weight excluding hydrogens is 322 g/mol. The minimum Gasteiger partial charge on any atom is -0.496 e. The molecule has 2 aliphatic heterocycles. The van der Waals surface area contributed by atoms with E-state index in [1.54, 1.807) is 18.2 Å². The third-order valence-corrected chi connectivity index (χ3v) is 4.31. The molecule has 0 N–H and O–H groups in total. The molecule has 0 spiro atoms. The van der Waals surface area contributed by atoms with Gasteiger partial charge in [-0.2, -0.15) is 0 Å². The number of benzene rings is 1. The van der Waals surface area contributed by atoms with E-state index in [4.69, 9.17) is 18.9 Å². The molecule has 2 aliphatic rings. The lowest BCUT2D eigenvalue weighted by atomic mass is 10.1. The summed E-state index contributed by atoms with van der Waals surface area (Å²) in [6.07, 6.45) is 1.62. The average Bonchev–Trinajstić information content (AvgIpc) is 3.10. The number of methoxy groups -OCH3 is 2. The first kappa shape index (κ1) is 15.7. The van der Waals surface area contributed by atoms with Crippen LogP contribution in [0.5, 0.6) is 17.2 Å². The predicted octanol–water partition coefficient (Wildman–Crippen LogP) is 2.11. The molecule has 3 rings (SSSR count). The van der Waals surface area contributed by atoms with E-state index in [1.165, 1.54) is 19.1 Å². The van der Waals surface area contributed by atoms with E-state index in [9.17, 15) is 9.59 Å². The van der Waals surface area contributed by atoms with Gasteiger partial charge in [0.05, 0.1) is 25.2 Å². The summed E-state index contributed by atoms with van der Waals surface area (Å²) in [5.41, 5.74) is 0.647. The van der Waals surface area contributed by atoms with Gasteiger partial charge in [-0.1, -0.05) is 0 Å². The normalized spacial score (nSPS) is 18.2. The van der Waals surface area contributed by atoms with Crippen LogP contribution in [0.25, 0.3) is 6.08 Å². The van der Waals surface area contributed by atoms with E-state index in [0.717, 1.165) is 11.8 Å². The fourth-order valence-corrected chi connectivity index (χ4v) is 3.10. The Hall–Kier alpha value is -2.19. The molecule has 1 fully saturated rings. The van der Waals surface area contributed by atoms with Gasteiger partial charge in [0, 0.05) is 18.7 Å². The Morgan fingerprint density at radius 2 is 2.00 bits per heavy atom. The van der Waals surface area contributed by atoms with Crippen LogP contribution in [0, 0.1) is 0 Å². The minimum absolute atomic E-state index is 0.148. The van der Waals surface area contributed by atoms with Crippen molar-refractivity contribution in [2.75, 3.05) is 34.2 Å². The van der Waals surface area contributed by atoms with Crippen molar-refractivity contribution in [2.45, 2.75) is 0 Å². The molecule has 0 bridgehead atoms. The van der Waals surface area contributed by atoms with Gasteiger partial charge in [-0.3, -0.25) is 14.5 Å². The Kier molecular flexibility index (Phi) is 4.44. The average molecular weight is 337 g/mol. The lowest BCUT2D eigenvalue weighted by Crippen LogP contribution is -2.31. The highest BCUT2D eigenvalue weighted by molar-refractivity contribution is 8.18. The lowest BCUT2D eigenvalue weighted by molar-refractivity contribution is -0.123. The molecule has 0 aliphatic carbocycles. The topological polar surface area (TPSA) is 74.3 Å². The zero-order valence-electron chi connectivity index (χ0n) is 12.7. The summed E-state index contributed by atoms with van der Waals surface area (Å²) >= 11 is 0.895. The summed E-state index contributed by atoms with van der Waals surface area (Å²) in [4.78, 5) is 25.8. The second-order valence-electron chi connectivity index (χ2n) is 4.77. The van der Waals surface area contributed by atoms with Gasteiger partial charge in [-0.15, -0.1) is 0 Å². The van der Waals surface area contributed by atoms with E-state index < -0.39 is 0 Å². The quantitative estimate of drug-likeness (QED) is 0.762. The first-order valence-electron chi connectivity index (χ1n) is 6.86. The molecule has 2 amide bonds. The van der Waals surface area contributed by atoms with Crippen LogP contribution in [0.15, 0.2) is 17.0 Å². The molecular formula is C15H15NO6S. The number of rotatable bonds is 5. The molecule has 0 aromatic heterocycles. The number of hydrogen-bond acceptors (Lipinski definition) is 7. The van der Waals surface area contributed by atoms with E-state index in [0.29, 0.717) is 34.3 Å². The van der Waals surface area contributed by atoms with Crippen LogP contribution in [-0.4, -0.2) is 50.2 Å². The van der Waals surface area contributed by atoms with Crippen molar-refractivity contribution < 1.29 is 28.5 Å². The summed E-state index contributed by atoms with van der Waals surface area (Å²) in [6, 6.07) is 3.42.